The van der Waals surface area contributed by atoms with Crippen LogP contribution in [0.1, 0.15) is 43.0 Å². The maximum Gasteiger partial charge on any atom is 0.265 e. The minimum atomic E-state index is -0.0898. The van der Waals surface area contributed by atoms with E-state index in [-0.39, 0.29) is 5.91 Å². The molecular weight excluding hydrogens is 280 g/mol. The number of rotatable bonds is 7. The van der Waals surface area contributed by atoms with E-state index in [1.54, 1.807) is 12.1 Å². The van der Waals surface area contributed by atoms with Crippen LogP contribution in [0.3, 0.4) is 0 Å². The molecule has 0 fully saturated rings. The summed E-state index contributed by atoms with van der Waals surface area (Å²) in [4.78, 5) is 11.7. The second-order valence-corrected chi connectivity index (χ2v) is 4.86. The molecule has 0 heterocycles. The molecule has 0 spiro atoms. The average Bonchev–Trinajstić information content (AvgIpc) is 2.34. The molecule has 2 N–H and O–H groups in total. The summed E-state index contributed by atoms with van der Waals surface area (Å²) in [6, 6.07) is 7.29. The highest BCUT2D eigenvalue weighted by Crippen LogP contribution is 2.10. The first kappa shape index (κ1) is 14.2. The van der Waals surface area contributed by atoms with Gasteiger partial charge < -0.3 is 0 Å². The summed E-state index contributed by atoms with van der Waals surface area (Å²) in [6.07, 6.45) is 4.78. The van der Waals surface area contributed by atoms with E-state index in [1.807, 2.05) is 12.1 Å². The largest absolute Gasteiger partial charge is 0.287 e. The third-order valence-electron chi connectivity index (χ3n) is 2.46. The maximum atomic E-state index is 11.7. The minimum Gasteiger partial charge on any atom is -0.287 e. The van der Waals surface area contributed by atoms with Crippen molar-refractivity contribution >= 4 is 21.8 Å². The normalized spacial score (nSPS) is 10.2. The molecule has 0 atom stereocenters. The first-order valence-electron chi connectivity index (χ1n) is 6.03. The third kappa shape index (κ3) is 5.84. The predicted molar refractivity (Wildman–Crippen MR) is 73.8 cm³/mol. The Balaban J connectivity index is 2.19. The lowest BCUT2D eigenvalue weighted by molar-refractivity contribution is 0.0933. The van der Waals surface area contributed by atoms with Gasteiger partial charge in [-0.05, 0) is 30.7 Å². The van der Waals surface area contributed by atoms with Crippen molar-refractivity contribution < 1.29 is 4.79 Å². The molecule has 17 heavy (non-hydrogen) atoms. The van der Waals surface area contributed by atoms with Gasteiger partial charge in [0.1, 0.15) is 0 Å². The van der Waals surface area contributed by atoms with Crippen molar-refractivity contribution in [1.82, 2.24) is 10.9 Å². The number of unbranched alkanes of at least 4 members (excludes halogenated alkanes) is 3. The maximum absolute atomic E-state index is 11.7. The van der Waals surface area contributed by atoms with Crippen LogP contribution in [-0.2, 0) is 0 Å². The fourth-order valence-corrected chi connectivity index (χ4v) is 1.72. The number of amides is 1. The van der Waals surface area contributed by atoms with Gasteiger partial charge in [-0.3, -0.25) is 10.2 Å². The zero-order chi connectivity index (χ0) is 12.5. The number of carbonyl (C=O) groups is 1. The quantitative estimate of drug-likeness (QED) is 0.599. The minimum absolute atomic E-state index is 0.0898. The van der Waals surface area contributed by atoms with Crippen LogP contribution in [0.15, 0.2) is 28.7 Å². The Bertz CT molecular complexity index is 338. The Hall–Kier alpha value is -0.870. The molecule has 0 aliphatic heterocycles. The zero-order valence-electron chi connectivity index (χ0n) is 10.1. The van der Waals surface area contributed by atoms with Crippen molar-refractivity contribution in [3.8, 4) is 0 Å². The van der Waals surface area contributed by atoms with Crippen LogP contribution < -0.4 is 10.9 Å². The van der Waals surface area contributed by atoms with E-state index in [4.69, 9.17) is 0 Å². The molecule has 0 saturated carbocycles. The number of halogens is 1. The van der Waals surface area contributed by atoms with Crippen molar-refractivity contribution in [2.75, 3.05) is 6.54 Å². The topological polar surface area (TPSA) is 41.1 Å². The van der Waals surface area contributed by atoms with Gasteiger partial charge in [0.05, 0.1) is 0 Å². The standard InChI is InChI=1S/C13H19BrN2O/c1-2-3-4-5-10-15-16-13(17)11-6-8-12(14)9-7-11/h6-9,15H,2-5,10H2,1H3,(H,16,17). The molecule has 1 rings (SSSR count). The molecule has 1 aromatic rings. The molecule has 0 aromatic heterocycles. The molecule has 1 amide bonds. The molecule has 0 aliphatic carbocycles. The number of carbonyl (C=O) groups excluding carboxylic acids is 1. The highest BCUT2D eigenvalue weighted by molar-refractivity contribution is 9.10. The molecule has 0 bridgehead atoms. The van der Waals surface area contributed by atoms with E-state index in [0.717, 1.165) is 17.4 Å². The summed E-state index contributed by atoms with van der Waals surface area (Å²) < 4.78 is 0.974. The van der Waals surface area contributed by atoms with Crippen LogP contribution >= 0.6 is 15.9 Å². The molecule has 1 aromatic carbocycles. The van der Waals surface area contributed by atoms with Crippen molar-refractivity contribution in [3.63, 3.8) is 0 Å². The van der Waals surface area contributed by atoms with Gasteiger partial charge in [-0.1, -0.05) is 42.1 Å². The van der Waals surface area contributed by atoms with Gasteiger partial charge in [0.2, 0.25) is 0 Å². The van der Waals surface area contributed by atoms with Crippen LogP contribution in [0, 0.1) is 0 Å². The van der Waals surface area contributed by atoms with Gasteiger partial charge in [0.15, 0.2) is 0 Å². The van der Waals surface area contributed by atoms with E-state index < -0.39 is 0 Å². The van der Waals surface area contributed by atoms with Crippen LogP contribution in [0.4, 0.5) is 0 Å². The van der Waals surface area contributed by atoms with Crippen molar-refractivity contribution in [3.05, 3.63) is 34.3 Å². The second-order valence-electron chi connectivity index (χ2n) is 3.95. The fourth-order valence-electron chi connectivity index (χ4n) is 1.46. The van der Waals surface area contributed by atoms with Gasteiger partial charge in [-0.15, -0.1) is 0 Å². The summed E-state index contributed by atoms with van der Waals surface area (Å²) in [6.45, 7) is 3.00. The SMILES string of the molecule is CCCCCCNNC(=O)c1ccc(Br)cc1. The molecule has 0 unspecified atom stereocenters. The number of nitrogens with one attached hydrogen (secondary N) is 2. The summed E-state index contributed by atoms with van der Waals surface area (Å²) in [5.74, 6) is -0.0898. The van der Waals surface area contributed by atoms with E-state index >= 15 is 0 Å². The summed E-state index contributed by atoms with van der Waals surface area (Å²) in [7, 11) is 0. The third-order valence-corrected chi connectivity index (χ3v) is 2.99. The molecule has 0 aliphatic rings. The van der Waals surface area contributed by atoms with Crippen LogP contribution in [0.2, 0.25) is 0 Å². The monoisotopic (exact) mass is 298 g/mol. The Morgan fingerprint density at radius 2 is 1.88 bits per heavy atom. The van der Waals surface area contributed by atoms with Crippen molar-refractivity contribution in [1.29, 1.82) is 0 Å². The van der Waals surface area contributed by atoms with Gasteiger partial charge in [-0.2, -0.15) is 0 Å². The molecule has 0 saturated heterocycles. The Morgan fingerprint density at radius 1 is 1.18 bits per heavy atom. The number of benzene rings is 1. The lowest BCUT2D eigenvalue weighted by atomic mass is 10.2. The van der Waals surface area contributed by atoms with E-state index in [0.29, 0.717) is 5.56 Å². The van der Waals surface area contributed by atoms with Crippen LogP contribution in [0.25, 0.3) is 0 Å². The van der Waals surface area contributed by atoms with Gasteiger partial charge in [0, 0.05) is 16.6 Å². The predicted octanol–water partition coefficient (Wildman–Crippen LogP) is 3.26. The molecular formula is C13H19BrN2O. The molecule has 0 radical (unpaired) electrons. The number of hydrogen-bond acceptors (Lipinski definition) is 2. The van der Waals surface area contributed by atoms with Gasteiger partial charge >= 0.3 is 0 Å². The summed E-state index contributed by atoms with van der Waals surface area (Å²) in [5, 5.41) is 0. The summed E-state index contributed by atoms with van der Waals surface area (Å²) in [5.41, 5.74) is 6.30. The Labute approximate surface area is 111 Å². The Kier molecular flexibility index (Phi) is 6.89. The second kappa shape index (κ2) is 8.25. The number of hydrazine groups is 1. The highest BCUT2D eigenvalue weighted by Gasteiger charge is 2.03. The first-order chi connectivity index (χ1) is 8.24. The number of hydrogen-bond donors (Lipinski definition) is 2. The molecule has 3 nitrogen and oxygen atoms in total. The first-order valence-corrected chi connectivity index (χ1v) is 6.82. The van der Waals surface area contributed by atoms with E-state index in [9.17, 15) is 4.79 Å². The van der Waals surface area contributed by atoms with Crippen LogP contribution in [-0.4, -0.2) is 12.5 Å². The Morgan fingerprint density at radius 3 is 2.53 bits per heavy atom. The van der Waals surface area contributed by atoms with Crippen LogP contribution in [0.5, 0.6) is 0 Å². The van der Waals surface area contributed by atoms with Gasteiger partial charge in [-0.25, -0.2) is 5.43 Å². The average molecular weight is 299 g/mol. The fraction of sp³-hybridized carbons (Fsp3) is 0.462. The zero-order valence-corrected chi connectivity index (χ0v) is 11.7. The smallest absolute Gasteiger partial charge is 0.265 e. The van der Waals surface area contributed by atoms with Gasteiger partial charge in [0.25, 0.3) is 5.91 Å². The molecule has 94 valence electrons. The summed E-state index contributed by atoms with van der Waals surface area (Å²) >= 11 is 3.34. The van der Waals surface area contributed by atoms with E-state index in [1.165, 1.54) is 19.3 Å². The molecule has 4 heteroatoms. The van der Waals surface area contributed by atoms with Crippen molar-refractivity contribution in [2.45, 2.75) is 32.6 Å². The van der Waals surface area contributed by atoms with Crippen molar-refractivity contribution in [2.24, 2.45) is 0 Å². The lowest BCUT2D eigenvalue weighted by Crippen LogP contribution is -2.37. The lowest BCUT2D eigenvalue weighted by Gasteiger charge is -2.07. The van der Waals surface area contributed by atoms with E-state index in [2.05, 4.69) is 33.7 Å². The highest BCUT2D eigenvalue weighted by atomic mass is 79.9.